The summed E-state index contributed by atoms with van der Waals surface area (Å²) in [5.74, 6) is 0.166. The normalized spacial score (nSPS) is 12.1. The van der Waals surface area contributed by atoms with E-state index < -0.39 is 0 Å². The Balaban J connectivity index is 1.49. The van der Waals surface area contributed by atoms with Gasteiger partial charge in [-0.25, -0.2) is 4.98 Å². The van der Waals surface area contributed by atoms with E-state index in [1.807, 2.05) is 61.5 Å². The SMILES string of the molecule is C[C@@H](Cc1cccc(Cl)c1Cl)C(=O)Nc1ccc2oc(-c3ccccc3)nc2c1. The van der Waals surface area contributed by atoms with Gasteiger partial charge in [0.2, 0.25) is 11.8 Å². The summed E-state index contributed by atoms with van der Waals surface area (Å²) in [5.41, 5.74) is 3.77. The van der Waals surface area contributed by atoms with Crippen LogP contribution in [0.3, 0.4) is 0 Å². The van der Waals surface area contributed by atoms with Crippen LogP contribution in [0.4, 0.5) is 5.69 Å². The summed E-state index contributed by atoms with van der Waals surface area (Å²) in [6, 6.07) is 20.6. The maximum atomic E-state index is 12.6. The van der Waals surface area contributed by atoms with Crippen molar-refractivity contribution in [3.05, 3.63) is 82.3 Å². The predicted molar refractivity (Wildman–Crippen MR) is 117 cm³/mol. The number of fused-ring (bicyclic) bond motifs is 1. The first-order valence-electron chi connectivity index (χ1n) is 9.21. The summed E-state index contributed by atoms with van der Waals surface area (Å²) in [4.78, 5) is 17.2. The van der Waals surface area contributed by atoms with Crippen molar-refractivity contribution in [2.75, 3.05) is 5.32 Å². The highest BCUT2D eigenvalue weighted by Crippen LogP contribution is 2.29. The van der Waals surface area contributed by atoms with Gasteiger partial charge in [0.15, 0.2) is 5.58 Å². The van der Waals surface area contributed by atoms with Gasteiger partial charge in [0.1, 0.15) is 5.52 Å². The van der Waals surface area contributed by atoms with Crippen LogP contribution >= 0.6 is 23.2 Å². The van der Waals surface area contributed by atoms with Crippen LogP contribution in [0.5, 0.6) is 0 Å². The molecule has 0 aliphatic heterocycles. The first-order valence-corrected chi connectivity index (χ1v) is 9.96. The molecule has 1 N–H and O–H groups in total. The van der Waals surface area contributed by atoms with E-state index in [1.165, 1.54) is 0 Å². The van der Waals surface area contributed by atoms with E-state index in [1.54, 1.807) is 12.1 Å². The monoisotopic (exact) mass is 424 g/mol. The molecule has 1 aromatic heterocycles. The van der Waals surface area contributed by atoms with E-state index >= 15 is 0 Å². The number of rotatable bonds is 5. The van der Waals surface area contributed by atoms with Gasteiger partial charge in [0.05, 0.1) is 10.0 Å². The van der Waals surface area contributed by atoms with Crippen molar-refractivity contribution in [3.63, 3.8) is 0 Å². The fourth-order valence-electron chi connectivity index (χ4n) is 3.10. The number of nitrogens with one attached hydrogen (secondary N) is 1. The van der Waals surface area contributed by atoms with Gasteiger partial charge in [-0.05, 0) is 48.4 Å². The van der Waals surface area contributed by atoms with E-state index in [2.05, 4.69) is 10.3 Å². The number of aromatic nitrogens is 1. The van der Waals surface area contributed by atoms with Crippen LogP contribution in [0.25, 0.3) is 22.6 Å². The fraction of sp³-hybridized carbons (Fsp3) is 0.130. The van der Waals surface area contributed by atoms with Crippen molar-refractivity contribution in [2.45, 2.75) is 13.3 Å². The van der Waals surface area contributed by atoms with E-state index in [0.29, 0.717) is 39.1 Å². The molecule has 0 bridgehead atoms. The van der Waals surface area contributed by atoms with Gasteiger partial charge >= 0.3 is 0 Å². The maximum absolute atomic E-state index is 12.6. The molecule has 1 heterocycles. The van der Waals surface area contributed by atoms with Crippen LogP contribution in [-0.4, -0.2) is 10.9 Å². The third-order valence-corrected chi connectivity index (χ3v) is 5.54. The summed E-state index contributed by atoms with van der Waals surface area (Å²) in [7, 11) is 0. The van der Waals surface area contributed by atoms with Crippen LogP contribution in [0.15, 0.2) is 71.1 Å². The molecule has 0 aliphatic rings. The summed E-state index contributed by atoms with van der Waals surface area (Å²) < 4.78 is 5.81. The molecule has 6 heteroatoms. The summed E-state index contributed by atoms with van der Waals surface area (Å²) >= 11 is 12.3. The van der Waals surface area contributed by atoms with Crippen molar-refractivity contribution >= 4 is 45.9 Å². The van der Waals surface area contributed by atoms with Gasteiger partial charge in [-0.3, -0.25) is 4.79 Å². The van der Waals surface area contributed by atoms with Crippen LogP contribution < -0.4 is 5.32 Å². The summed E-state index contributed by atoms with van der Waals surface area (Å²) in [6.45, 7) is 1.86. The first kappa shape index (κ1) is 19.5. The smallest absolute Gasteiger partial charge is 0.227 e. The Kier molecular flexibility index (Phi) is 5.56. The number of hydrogen-bond donors (Lipinski definition) is 1. The average Bonchev–Trinajstić information content (AvgIpc) is 3.15. The lowest BCUT2D eigenvalue weighted by atomic mass is 10.00. The number of anilines is 1. The summed E-state index contributed by atoms with van der Waals surface area (Å²) in [6.07, 6.45) is 0.496. The van der Waals surface area contributed by atoms with Gasteiger partial charge in [0, 0.05) is 17.2 Å². The van der Waals surface area contributed by atoms with Crippen molar-refractivity contribution in [2.24, 2.45) is 5.92 Å². The molecule has 4 rings (SSSR count). The molecule has 4 nitrogen and oxygen atoms in total. The van der Waals surface area contributed by atoms with E-state index in [9.17, 15) is 4.79 Å². The Morgan fingerprint density at radius 3 is 2.66 bits per heavy atom. The maximum Gasteiger partial charge on any atom is 0.227 e. The number of oxazole rings is 1. The summed E-state index contributed by atoms with van der Waals surface area (Å²) in [5, 5.41) is 3.92. The molecule has 0 unspecified atom stereocenters. The number of amides is 1. The van der Waals surface area contributed by atoms with Crippen molar-refractivity contribution in [3.8, 4) is 11.5 Å². The van der Waals surface area contributed by atoms with Gasteiger partial charge in [-0.2, -0.15) is 0 Å². The molecular weight excluding hydrogens is 407 g/mol. The lowest BCUT2D eigenvalue weighted by molar-refractivity contribution is -0.119. The Morgan fingerprint density at radius 2 is 1.86 bits per heavy atom. The topological polar surface area (TPSA) is 55.1 Å². The van der Waals surface area contributed by atoms with E-state index in [-0.39, 0.29) is 11.8 Å². The molecular formula is C23H18Cl2N2O2. The number of carbonyl (C=O) groups is 1. The largest absolute Gasteiger partial charge is 0.436 e. The lowest BCUT2D eigenvalue weighted by Crippen LogP contribution is -2.22. The third kappa shape index (κ3) is 4.29. The van der Waals surface area contributed by atoms with Crippen LogP contribution in [0, 0.1) is 5.92 Å². The van der Waals surface area contributed by atoms with Crippen molar-refractivity contribution < 1.29 is 9.21 Å². The number of carbonyl (C=O) groups excluding carboxylic acids is 1. The minimum atomic E-state index is -0.279. The zero-order valence-corrected chi connectivity index (χ0v) is 17.2. The minimum absolute atomic E-state index is 0.104. The Hall–Kier alpha value is -2.82. The standard InChI is InChI=1S/C23H18Cl2N2O2/c1-14(12-16-8-5-9-18(24)21(16)25)22(28)26-17-10-11-20-19(13-17)27-23(29-20)15-6-3-2-4-7-15/h2-11,13-14H,12H2,1H3,(H,26,28)/t14-/m0/s1. The molecule has 0 saturated carbocycles. The molecule has 0 aliphatic carbocycles. The second-order valence-electron chi connectivity index (χ2n) is 6.87. The van der Waals surface area contributed by atoms with Gasteiger partial charge in [0.25, 0.3) is 0 Å². The average molecular weight is 425 g/mol. The quantitative estimate of drug-likeness (QED) is 0.391. The molecule has 0 radical (unpaired) electrons. The Bertz CT molecular complexity index is 1170. The van der Waals surface area contributed by atoms with Crippen molar-refractivity contribution in [1.29, 1.82) is 0 Å². The predicted octanol–water partition coefficient (Wildman–Crippen LogP) is 6.62. The molecule has 1 atom stereocenters. The highest BCUT2D eigenvalue weighted by molar-refractivity contribution is 6.42. The first-order chi connectivity index (χ1) is 14.0. The molecule has 3 aromatic carbocycles. The zero-order valence-electron chi connectivity index (χ0n) is 15.7. The van der Waals surface area contributed by atoms with Crippen LogP contribution in [-0.2, 0) is 11.2 Å². The lowest BCUT2D eigenvalue weighted by Gasteiger charge is -2.13. The highest BCUT2D eigenvalue weighted by atomic mass is 35.5. The van der Waals surface area contributed by atoms with Gasteiger partial charge in [-0.1, -0.05) is 60.5 Å². The zero-order chi connectivity index (χ0) is 20.4. The number of benzene rings is 3. The minimum Gasteiger partial charge on any atom is -0.436 e. The molecule has 4 aromatic rings. The van der Waals surface area contributed by atoms with E-state index in [0.717, 1.165) is 11.1 Å². The Labute approximate surface area is 178 Å². The molecule has 1 amide bonds. The van der Waals surface area contributed by atoms with Gasteiger partial charge < -0.3 is 9.73 Å². The molecule has 29 heavy (non-hydrogen) atoms. The molecule has 0 fully saturated rings. The third-order valence-electron chi connectivity index (χ3n) is 4.68. The molecule has 0 saturated heterocycles. The van der Waals surface area contributed by atoms with Crippen molar-refractivity contribution in [1.82, 2.24) is 4.98 Å². The number of nitrogens with zero attached hydrogens (tertiary/aromatic N) is 1. The number of hydrogen-bond acceptors (Lipinski definition) is 3. The van der Waals surface area contributed by atoms with Crippen LogP contribution in [0.2, 0.25) is 10.0 Å². The molecule has 0 spiro atoms. The second-order valence-corrected chi connectivity index (χ2v) is 7.66. The van der Waals surface area contributed by atoms with Gasteiger partial charge in [-0.15, -0.1) is 0 Å². The van der Waals surface area contributed by atoms with Crippen LogP contribution in [0.1, 0.15) is 12.5 Å². The van der Waals surface area contributed by atoms with E-state index in [4.69, 9.17) is 27.6 Å². The second kappa shape index (κ2) is 8.27. The Morgan fingerprint density at radius 1 is 1.07 bits per heavy atom. The fourth-order valence-corrected chi connectivity index (χ4v) is 3.50. The highest BCUT2D eigenvalue weighted by Gasteiger charge is 2.17. The number of halogens is 2. The molecule has 146 valence electrons.